The Morgan fingerprint density at radius 1 is 1.11 bits per heavy atom. The first-order valence-corrected chi connectivity index (χ1v) is 7.06. The predicted octanol–water partition coefficient (Wildman–Crippen LogP) is 3.27. The summed E-state index contributed by atoms with van der Waals surface area (Å²) in [5.74, 6) is 0. The molecule has 2 heteroatoms. The van der Waals surface area contributed by atoms with Crippen molar-refractivity contribution in [3.05, 3.63) is 29.3 Å². The number of nitrogens with zero attached hydrogens (tertiary/aromatic N) is 1. The Balaban J connectivity index is 2.29. The molecule has 0 saturated carbocycles. The van der Waals surface area contributed by atoms with Gasteiger partial charge in [-0.15, -0.1) is 0 Å². The minimum Gasteiger partial charge on any atom is -0.369 e. The van der Waals surface area contributed by atoms with Crippen molar-refractivity contribution < 1.29 is 0 Å². The van der Waals surface area contributed by atoms with Gasteiger partial charge in [0, 0.05) is 24.3 Å². The minimum atomic E-state index is 0.190. The number of nitrogens with one attached hydrogen (secondary N) is 1. The van der Waals surface area contributed by atoms with Crippen LogP contribution in [0.25, 0.3) is 0 Å². The molecule has 0 aliphatic carbocycles. The van der Waals surface area contributed by atoms with Crippen molar-refractivity contribution in [3.8, 4) is 0 Å². The van der Waals surface area contributed by atoms with E-state index in [1.165, 1.54) is 36.2 Å². The summed E-state index contributed by atoms with van der Waals surface area (Å²) in [6.07, 6.45) is 2.54. The van der Waals surface area contributed by atoms with Gasteiger partial charge >= 0.3 is 0 Å². The molecular weight excluding hydrogens is 220 g/mol. The van der Waals surface area contributed by atoms with Crippen LogP contribution in [-0.2, 0) is 0 Å². The van der Waals surface area contributed by atoms with Crippen LogP contribution in [0, 0.1) is 13.8 Å². The second-order valence-corrected chi connectivity index (χ2v) is 6.18. The smallest absolute Gasteiger partial charge is 0.0426 e. The topological polar surface area (TPSA) is 15.3 Å². The van der Waals surface area contributed by atoms with Crippen molar-refractivity contribution in [1.29, 1.82) is 0 Å². The average Bonchev–Trinajstić information content (AvgIpc) is 2.24. The molecule has 1 aliphatic rings. The molecule has 1 heterocycles. The molecule has 0 radical (unpaired) electrons. The Morgan fingerprint density at radius 3 is 2.44 bits per heavy atom. The third-order valence-electron chi connectivity index (χ3n) is 3.80. The summed E-state index contributed by atoms with van der Waals surface area (Å²) in [6.45, 7) is 12.5. The maximum atomic E-state index is 3.66. The van der Waals surface area contributed by atoms with E-state index in [9.17, 15) is 0 Å². The Hall–Kier alpha value is -1.02. The van der Waals surface area contributed by atoms with Crippen LogP contribution in [0.2, 0.25) is 0 Å². The number of para-hydroxylation sites is 1. The largest absolute Gasteiger partial charge is 0.369 e. The molecule has 0 unspecified atom stereocenters. The number of hydrogen-bond donors (Lipinski definition) is 1. The Bertz CT molecular complexity index is 389. The number of rotatable bonds is 1. The highest BCUT2D eigenvalue weighted by molar-refractivity contribution is 5.59. The molecular formula is C16H26N2. The average molecular weight is 246 g/mol. The van der Waals surface area contributed by atoms with E-state index in [1.807, 2.05) is 0 Å². The van der Waals surface area contributed by atoms with Gasteiger partial charge in [0.25, 0.3) is 0 Å². The quantitative estimate of drug-likeness (QED) is 0.818. The lowest BCUT2D eigenvalue weighted by atomic mass is 9.99. The monoisotopic (exact) mass is 246 g/mol. The molecule has 1 fully saturated rings. The van der Waals surface area contributed by atoms with Crippen LogP contribution < -0.4 is 10.2 Å². The van der Waals surface area contributed by atoms with Crippen LogP contribution >= 0.6 is 0 Å². The van der Waals surface area contributed by atoms with Gasteiger partial charge in [0.05, 0.1) is 0 Å². The van der Waals surface area contributed by atoms with Gasteiger partial charge in [-0.1, -0.05) is 18.2 Å². The van der Waals surface area contributed by atoms with Gasteiger partial charge in [-0.25, -0.2) is 0 Å². The Labute approximate surface area is 111 Å². The lowest BCUT2D eigenvalue weighted by Crippen LogP contribution is -2.51. The van der Waals surface area contributed by atoms with E-state index in [-0.39, 0.29) is 5.54 Å². The molecule has 1 N–H and O–H groups in total. The van der Waals surface area contributed by atoms with Gasteiger partial charge in [0.15, 0.2) is 0 Å². The van der Waals surface area contributed by atoms with Gasteiger partial charge in [-0.05, 0) is 58.2 Å². The van der Waals surface area contributed by atoms with Gasteiger partial charge < -0.3 is 10.2 Å². The van der Waals surface area contributed by atoms with Crippen molar-refractivity contribution >= 4 is 5.69 Å². The zero-order valence-electron chi connectivity index (χ0n) is 12.2. The molecule has 100 valence electrons. The first-order valence-electron chi connectivity index (χ1n) is 7.06. The highest BCUT2D eigenvalue weighted by Crippen LogP contribution is 2.27. The summed E-state index contributed by atoms with van der Waals surface area (Å²) in [5, 5.41) is 3.66. The van der Waals surface area contributed by atoms with Crippen LogP contribution in [0.5, 0.6) is 0 Å². The van der Waals surface area contributed by atoms with Crippen molar-refractivity contribution in [3.63, 3.8) is 0 Å². The molecule has 0 spiro atoms. The second-order valence-electron chi connectivity index (χ2n) is 6.18. The highest BCUT2D eigenvalue weighted by Gasteiger charge is 2.24. The summed E-state index contributed by atoms with van der Waals surface area (Å²) >= 11 is 0. The molecule has 2 rings (SSSR count). The SMILES string of the molecule is Cc1cccc(C)c1N1CCCCNC(C)(C)C1. The molecule has 0 amide bonds. The normalized spacial score (nSPS) is 20.3. The van der Waals surface area contributed by atoms with Crippen LogP contribution in [-0.4, -0.2) is 25.2 Å². The lowest BCUT2D eigenvalue weighted by Gasteiger charge is -2.38. The lowest BCUT2D eigenvalue weighted by molar-refractivity contribution is 0.363. The number of anilines is 1. The van der Waals surface area contributed by atoms with E-state index in [0.717, 1.165) is 13.1 Å². The zero-order valence-corrected chi connectivity index (χ0v) is 12.2. The molecule has 2 nitrogen and oxygen atoms in total. The fourth-order valence-corrected chi connectivity index (χ4v) is 2.96. The summed E-state index contributed by atoms with van der Waals surface area (Å²) in [6, 6.07) is 6.60. The summed E-state index contributed by atoms with van der Waals surface area (Å²) < 4.78 is 0. The fourth-order valence-electron chi connectivity index (χ4n) is 2.96. The van der Waals surface area contributed by atoms with Gasteiger partial charge in [0.2, 0.25) is 0 Å². The van der Waals surface area contributed by atoms with Crippen LogP contribution in [0.15, 0.2) is 18.2 Å². The Kier molecular flexibility index (Phi) is 3.96. The first-order chi connectivity index (χ1) is 8.49. The van der Waals surface area contributed by atoms with Crippen LogP contribution in [0.4, 0.5) is 5.69 Å². The van der Waals surface area contributed by atoms with Gasteiger partial charge in [-0.3, -0.25) is 0 Å². The molecule has 1 aliphatic heterocycles. The van der Waals surface area contributed by atoms with E-state index in [0.29, 0.717) is 0 Å². The van der Waals surface area contributed by atoms with Gasteiger partial charge in [0.1, 0.15) is 0 Å². The fraction of sp³-hybridized carbons (Fsp3) is 0.625. The molecule has 1 aromatic carbocycles. The molecule has 18 heavy (non-hydrogen) atoms. The molecule has 0 aromatic heterocycles. The van der Waals surface area contributed by atoms with E-state index >= 15 is 0 Å². The van der Waals surface area contributed by atoms with Crippen molar-refractivity contribution in [1.82, 2.24) is 5.32 Å². The Morgan fingerprint density at radius 2 is 1.78 bits per heavy atom. The summed E-state index contributed by atoms with van der Waals surface area (Å²) in [7, 11) is 0. The minimum absolute atomic E-state index is 0.190. The van der Waals surface area contributed by atoms with Crippen LogP contribution in [0.3, 0.4) is 0 Å². The predicted molar refractivity (Wildman–Crippen MR) is 79.4 cm³/mol. The van der Waals surface area contributed by atoms with E-state index < -0.39 is 0 Å². The zero-order chi connectivity index (χ0) is 13.2. The molecule has 1 saturated heterocycles. The van der Waals surface area contributed by atoms with Crippen molar-refractivity contribution in [2.24, 2.45) is 0 Å². The van der Waals surface area contributed by atoms with E-state index in [4.69, 9.17) is 0 Å². The third kappa shape index (κ3) is 3.05. The number of benzene rings is 1. The standard InChI is InChI=1S/C16H26N2/c1-13-8-7-9-14(2)15(13)18-11-6-5-10-17-16(3,4)12-18/h7-9,17H,5-6,10-12H2,1-4H3. The maximum Gasteiger partial charge on any atom is 0.0426 e. The molecule has 0 bridgehead atoms. The third-order valence-corrected chi connectivity index (χ3v) is 3.80. The highest BCUT2D eigenvalue weighted by atomic mass is 15.2. The molecule has 1 aromatic rings. The van der Waals surface area contributed by atoms with E-state index in [1.54, 1.807) is 0 Å². The maximum absolute atomic E-state index is 3.66. The first kappa shape index (κ1) is 13.4. The van der Waals surface area contributed by atoms with Crippen LogP contribution in [0.1, 0.15) is 37.8 Å². The van der Waals surface area contributed by atoms with E-state index in [2.05, 4.69) is 56.1 Å². The summed E-state index contributed by atoms with van der Waals surface area (Å²) in [4.78, 5) is 2.57. The van der Waals surface area contributed by atoms with Crippen molar-refractivity contribution in [2.75, 3.05) is 24.5 Å². The summed E-state index contributed by atoms with van der Waals surface area (Å²) in [5.41, 5.74) is 4.42. The number of aryl methyl sites for hydroxylation is 2. The number of hydrogen-bond acceptors (Lipinski definition) is 2. The molecule has 0 atom stereocenters. The van der Waals surface area contributed by atoms with Crippen molar-refractivity contribution in [2.45, 2.75) is 46.1 Å². The van der Waals surface area contributed by atoms with Gasteiger partial charge in [-0.2, -0.15) is 0 Å². The second kappa shape index (κ2) is 5.31.